The topological polar surface area (TPSA) is 88.1 Å². The van der Waals surface area contributed by atoms with Crippen molar-refractivity contribution in [3.05, 3.63) is 16.5 Å². The van der Waals surface area contributed by atoms with E-state index in [0.29, 0.717) is 28.8 Å². The number of anilines is 1. The van der Waals surface area contributed by atoms with Crippen molar-refractivity contribution in [2.24, 2.45) is 4.99 Å². The molecule has 1 aromatic rings. The van der Waals surface area contributed by atoms with E-state index in [0.717, 1.165) is 11.3 Å². The van der Waals surface area contributed by atoms with Crippen LogP contribution in [0.1, 0.15) is 49.4 Å². The first kappa shape index (κ1) is 21.4. The molecule has 0 aromatic carbocycles. The highest BCUT2D eigenvalue weighted by Crippen LogP contribution is 2.32. The van der Waals surface area contributed by atoms with Gasteiger partial charge in [0.05, 0.1) is 12.2 Å². The van der Waals surface area contributed by atoms with Gasteiger partial charge >= 0.3 is 5.97 Å². The lowest BCUT2D eigenvalue weighted by Gasteiger charge is -2.13. The highest BCUT2D eigenvalue weighted by atomic mass is 32.2. The number of hydrogen-bond acceptors (Lipinski definition) is 7. The number of nitrogens with one attached hydrogen (secondary N) is 1. The summed E-state index contributed by atoms with van der Waals surface area (Å²) in [4.78, 5) is 44.1. The standard InChI is InChI=1S/C18H25N3O4S2/c1-5-11-9-12(17(24)25-8-4)15(26-11)20-14(22)10-13-16(23)21(7-3)18(27-13)19-6-2/h9,13H,5-8,10H2,1-4H3,(H,20,22). The van der Waals surface area contributed by atoms with Crippen molar-refractivity contribution < 1.29 is 19.1 Å². The smallest absolute Gasteiger partial charge is 0.341 e. The SMILES string of the molecule is CCN=C1SC(CC(=O)Nc2sc(CC)cc2C(=O)OCC)C(=O)N1CC. The number of hydrogen-bond donors (Lipinski definition) is 1. The van der Waals surface area contributed by atoms with Crippen molar-refractivity contribution >= 4 is 51.1 Å². The number of aryl methyl sites for hydroxylation is 1. The zero-order valence-corrected chi connectivity index (χ0v) is 17.7. The summed E-state index contributed by atoms with van der Waals surface area (Å²) < 4.78 is 5.06. The van der Waals surface area contributed by atoms with Gasteiger partial charge in [-0.1, -0.05) is 18.7 Å². The van der Waals surface area contributed by atoms with Crippen molar-refractivity contribution in [3.8, 4) is 0 Å². The van der Waals surface area contributed by atoms with Crippen molar-refractivity contribution in [2.45, 2.75) is 45.8 Å². The molecule has 148 valence electrons. The maximum Gasteiger partial charge on any atom is 0.341 e. The molecule has 0 aliphatic carbocycles. The molecule has 2 rings (SSSR count). The molecule has 1 N–H and O–H groups in total. The number of nitrogens with zero attached hydrogens (tertiary/aromatic N) is 2. The number of ether oxygens (including phenoxy) is 1. The first-order valence-electron chi connectivity index (χ1n) is 9.07. The van der Waals surface area contributed by atoms with Gasteiger partial charge in [0.15, 0.2) is 5.17 Å². The second-order valence-corrected chi connectivity index (χ2v) is 8.03. The normalized spacial score (nSPS) is 18.2. The van der Waals surface area contributed by atoms with E-state index in [1.807, 2.05) is 20.8 Å². The van der Waals surface area contributed by atoms with E-state index in [9.17, 15) is 14.4 Å². The molecule has 0 saturated carbocycles. The third-order valence-corrected chi connectivity index (χ3v) is 6.29. The van der Waals surface area contributed by atoms with Gasteiger partial charge in [-0.2, -0.15) is 0 Å². The number of thiophene rings is 1. The number of aliphatic imine (C=N–C) groups is 1. The molecular formula is C18H25N3O4S2. The molecule has 1 saturated heterocycles. The Hall–Kier alpha value is -1.87. The van der Waals surface area contributed by atoms with E-state index >= 15 is 0 Å². The molecule has 0 radical (unpaired) electrons. The molecule has 0 bridgehead atoms. The van der Waals surface area contributed by atoms with Gasteiger partial charge in [-0.3, -0.25) is 19.5 Å². The Morgan fingerprint density at radius 2 is 2.04 bits per heavy atom. The minimum absolute atomic E-state index is 0.0321. The monoisotopic (exact) mass is 411 g/mol. The summed E-state index contributed by atoms with van der Waals surface area (Å²) in [6, 6.07) is 1.75. The Morgan fingerprint density at radius 3 is 2.63 bits per heavy atom. The van der Waals surface area contributed by atoms with Gasteiger partial charge in [-0.25, -0.2) is 4.79 Å². The molecule has 2 amide bonds. The van der Waals surface area contributed by atoms with E-state index in [-0.39, 0.29) is 24.8 Å². The second-order valence-electron chi connectivity index (χ2n) is 5.73. The van der Waals surface area contributed by atoms with E-state index in [4.69, 9.17) is 4.74 Å². The summed E-state index contributed by atoms with van der Waals surface area (Å²) in [6.07, 6.45) is 0.788. The van der Waals surface area contributed by atoms with Crippen molar-refractivity contribution in [3.63, 3.8) is 0 Å². The molecule has 1 aliphatic heterocycles. The molecule has 0 spiro atoms. The van der Waals surface area contributed by atoms with E-state index in [1.54, 1.807) is 17.9 Å². The van der Waals surface area contributed by atoms with Gasteiger partial charge in [-0.15, -0.1) is 11.3 Å². The Balaban J connectivity index is 2.10. The maximum absolute atomic E-state index is 12.5. The van der Waals surface area contributed by atoms with Crippen LogP contribution in [0.4, 0.5) is 5.00 Å². The van der Waals surface area contributed by atoms with Crippen molar-refractivity contribution in [2.75, 3.05) is 25.0 Å². The van der Waals surface area contributed by atoms with Gasteiger partial charge in [0, 0.05) is 24.4 Å². The van der Waals surface area contributed by atoms with Gasteiger partial charge in [0.2, 0.25) is 11.8 Å². The third kappa shape index (κ3) is 5.10. The number of esters is 1. The molecule has 1 aliphatic rings. The van der Waals surface area contributed by atoms with E-state index in [1.165, 1.54) is 23.1 Å². The number of carbonyl (C=O) groups is 3. The summed E-state index contributed by atoms with van der Waals surface area (Å²) in [7, 11) is 0. The Bertz CT molecular complexity index is 745. The minimum Gasteiger partial charge on any atom is -0.462 e. The van der Waals surface area contributed by atoms with Gasteiger partial charge in [-0.05, 0) is 33.3 Å². The fraction of sp³-hybridized carbons (Fsp3) is 0.556. The highest BCUT2D eigenvalue weighted by Gasteiger charge is 2.38. The lowest BCUT2D eigenvalue weighted by molar-refractivity contribution is -0.128. The maximum atomic E-state index is 12.5. The predicted molar refractivity (Wildman–Crippen MR) is 110 cm³/mol. The van der Waals surface area contributed by atoms with Crippen LogP contribution in [-0.4, -0.2) is 52.8 Å². The molecule has 1 aromatic heterocycles. The van der Waals surface area contributed by atoms with E-state index in [2.05, 4.69) is 10.3 Å². The molecule has 1 unspecified atom stereocenters. The molecule has 7 nitrogen and oxygen atoms in total. The fourth-order valence-corrected chi connectivity index (χ4v) is 4.87. The quantitative estimate of drug-likeness (QED) is 0.664. The van der Waals surface area contributed by atoms with Crippen LogP contribution in [0.3, 0.4) is 0 Å². The lowest BCUT2D eigenvalue weighted by Crippen LogP contribution is -2.33. The number of amidine groups is 1. The number of amides is 2. The first-order chi connectivity index (χ1) is 12.9. The molecule has 2 heterocycles. The number of carbonyl (C=O) groups excluding carboxylic acids is 3. The minimum atomic E-state index is -0.494. The average molecular weight is 412 g/mol. The average Bonchev–Trinajstić information content (AvgIpc) is 3.16. The molecule has 9 heteroatoms. The zero-order chi connectivity index (χ0) is 20.0. The van der Waals surface area contributed by atoms with Gasteiger partial charge in [0.25, 0.3) is 0 Å². The van der Waals surface area contributed by atoms with Crippen LogP contribution in [0.5, 0.6) is 0 Å². The molecular weight excluding hydrogens is 386 g/mol. The van der Waals surface area contributed by atoms with Crippen molar-refractivity contribution in [1.29, 1.82) is 0 Å². The molecule has 27 heavy (non-hydrogen) atoms. The fourth-order valence-electron chi connectivity index (χ4n) is 2.60. The zero-order valence-electron chi connectivity index (χ0n) is 16.0. The van der Waals surface area contributed by atoms with Gasteiger partial charge in [0.1, 0.15) is 10.3 Å². The summed E-state index contributed by atoms with van der Waals surface area (Å²) in [5, 5.41) is 3.43. The predicted octanol–water partition coefficient (Wildman–Crippen LogP) is 3.16. The second kappa shape index (κ2) is 9.89. The Morgan fingerprint density at radius 1 is 1.30 bits per heavy atom. The van der Waals surface area contributed by atoms with Crippen LogP contribution in [-0.2, 0) is 20.7 Å². The highest BCUT2D eigenvalue weighted by molar-refractivity contribution is 8.15. The molecule has 1 fully saturated rings. The number of thioether (sulfide) groups is 1. The van der Waals surface area contributed by atoms with Crippen molar-refractivity contribution in [1.82, 2.24) is 4.90 Å². The Kier molecular flexibility index (Phi) is 7.85. The van der Waals surface area contributed by atoms with Crippen LogP contribution in [0.2, 0.25) is 0 Å². The van der Waals surface area contributed by atoms with Crippen LogP contribution in [0.15, 0.2) is 11.1 Å². The van der Waals surface area contributed by atoms with Crippen LogP contribution in [0, 0.1) is 0 Å². The Labute approximate surface area is 167 Å². The molecule has 1 atom stereocenters. The van der Waals surface area contributed by atoms with Gasteiger partial charge < -0.3 is 10.1 Å². The summed E-state index contributed by atoms with van der Waals surface area (Å²) in [6.45, 7) is 8.89. The summed E-state index contributed by atoms with van der Waals surface area (Å²) >= 11 is 2.68. The van der Waals surface area contributed by atoms with Crippen LogP contribution in [0.25, 0.3) is 0 Å². The third-order valence-electron chi connectivity index (χ3n) is 3.88. The van der Waals surface area contributed by atoms with Crippen LogP contribution < -0.4 is 5.32 Å². The summed E-state index contributed by atoms with van der Waals surface area (Å²) in [5.74, 6) is -0.856. The lowest BCUT2D eigenvalue weighted by atomic mass is 10.2. The first-order valence-corrected chi connectivity index (χ1v) is 10.8. The summed E-state index contributed by atoms with van der Waals surface area (Å²) in [5.41, 5.74) is 0.362. The van der Waals surface area contributed by atoms with Crippen LogP contribution >= 0.6 is 23.1 Å². The number of rotatable bonds is 8. The van der Waals surface area contributed by atoms with E-state index < -0.39 is 11.2 Å². The largest absolute Gasteiger partial charge is 0.462 e.